The molecule has 126 valence electrons. The third kappa shape index (κ3) is 3.51. The quantitative estimate of drug-likeness (QED) is 0.766. The summed E-state index contributed by atoms with van der Waals surface area (Å²) in [7, 11) is 0. The van der Waals surface area contributed by atoms with E-state index in [1.807, 2.05) is 30.3 Å². The first kappa shape index (κ1) is 15.4. The second kappa shape index (κ2) is 6.76. The first-order valence-electron chi connectivity index (χ1n) is 8.34. The number of nitrogens with zero attached hydrogens (tertiary/aromatic N) is 3. The summed E-state index contributed by atoms with van der Waals surface area (Å²) in [5.74, 6) is 0.951. The summed E-state index contributed by atoms with van der Waals surface area (Å²) in [6.07, 6.45) is 3.10. The number of para-hydroxylation sites is 2. The predicted molar refractivity (Wildman–Crippen MR) is 91.4 cm³/mol. The lowest BCUT2D eigenvalue weighted by Crippen LogP contribution is -2.33. The van der Waals surface area contributed by atoms with Crippen LogP contribution >= 0.6 is 0 Å². The van der Waals surface area contributed by atoms with E-state index < -0.39 is 0 Å². The standard InChI is InChI=1S/C18H22N4O2/c23-15-10-21(9-14-5-8-24-13-14)6-7-22(11-15)12-18-19-16-3-1-2-4-17(16)20-18/h1-5,8,13,15,23H,6-7,9-12H2,(H,19,20)/t15-/m1/s1. The summed E-state index contributed by atoms with van der Waals surface area (Å²) in [5, 5.41) is 10.3. The van der Waals surface area contributed by atoms with Crippen LogP contribution in [0.1, 0.15) is 11.4 Å². The second-order valence-corrected chi connectivity index (χ2v) is 6.46. The van der Waals surface area contributed by atoms with Crippen LogP contribution in [-0.2, 0) is 13.1 Å². The Morgan fingerprint density at radius 2 is 1.92 bits per heavy atom. The molecule has 0 saturated carbocycles. The van der Waals surface area contributed by atoms with Crippen molar-refractivity contribution in [2.24, 2.45) is 0 Å². The number of aromatic amines is 1. The number of aliphatic hydroxyl groups excluding tert-OH is 1. The number of imidazole rings is 1. The molecule has 2 aromatic heterocycles. The van der Waals surface area contributed by atoms with E-state index in [4.69, 9.17) is 4.42 Å². The Kier molecular flexibility index (Phi) is 4.34. The molecule has 0 bridgehead atoms. The monoisotopic (exact) mass is 326 g/mol. The highest BCUT2D eigenvalue weighted by molar-refractivity contribution is 5.74. The SMILES string of the molecule is O[C@@H]1CN(Cc2ccoc2)CCN(Cc2nc3ccccc3[nH]2)C1. The maximum Gasteiger partial charge on any atom is 0.121 e. The van der Waals surface area contributed by atoms with Gasteiger partial charge in [-0.1, -0.05) is 12.1 Å². The summed E-state index contributed by atoms with van der Waals surface area (Å²) in [5.41, 5.74) is 3.20. The smallest absolute Gasteiger partial charge is 0.121 e. The zero-order valence-corrected chi connectivity index (χ0v) is 13.6. The van der Waals surface area contributed by atoms with Gasteiger partial charge in [-0.25, -0.2) is 4.98 Å². The number of fused-ring (bicyclic) bond motifs is 1. The highest BCUT2D eigenvalue weighted by atomic mass is 16.3. The Bertz CT molecular complexity index is 750. The number of aliphatic hydroxyl groups is 1. The zero-order chi connectivity index (χ0) is 16.4. The van der Waals surface area contributed by atoms with Crippen molar-refractivity contribution in [3.63, 3.8) is 0 Å². The molecule has 1 aliphatic rings. The first-order chi connectivity index (χ1) is 11.8. The molecule has 24 heavy (non-hydrogen) atoms. The van der Waals surface area contributed by atoms with Gasteiger partial charge in [0.25, 0.3) is 0 Å². The van der Waals surface area contributed by atoms with Gasteiger partial charge in [-0.15, -0.1) is 0 Å². The Morgan fingerprint density at radius 3 is 2.67 bits per heavy atom. The van der Waals surface area contributed by atoms with Gasteiger partial charge >= 0.3 is 0 Å². The molecule has 3 heterocycles. The number of hydrogen-bond acceptors (Lipinski definition) is 5. The average molecular weight is 326 g/mol. The third-order valence-corrected chi connectivity index (χ3v) is 4.47. The van der Waals surface area contributed by atoms with Crippen molar-refractivity contribution in [2.75, 3.05) is 26.2 Å². The fraction of sp³-hybridized carbons (Fsp3) is 0.389. The van der Waals surface area contributed by atoms with Crippen molar-refractivity contribution < 1.29 is 9.52 Å². The molecule has 6 heteroatoms. The van der Waals surface area contributed by atoms with Gasteiger partial charge in [0.15, 0.2) is 0 Å². The molecule has 0 amide bonds. The van der Waals surface area contributed by atoms with Gasteiger partial charge in [-0.05, 0) is 18.2 Å². The molecule has 0 spiro atoms. The number of aromatic nitrogens is 2. The molecule has 4 rings (SSSR count). The van der Waals surface area contributed by atoms with E-state index in [1.54, 1.807) is 12.5 Å². The lowest BCUT2D eigenvalue weighted by atomic mass is 10.3. The number of benzene rings is 1. The lowest BCUT2D eigenvalue weighted by Gasteiger charge is -2.20. The van der Waals surface area contributed by atoms with Crippen LogP contribution in [0.25, 0.3) is 11.0 Å². The molecular formula is C18H22N4O2. The lowest BCUT2D eigenvalue weighted by molar-refractivity contribution is 0.105. The molecule has 0 unspecified atom stereocenters. The van der Waals surface area contributed by atoms with E-state index in [-0.39, 0.29) is 6.10 Å². The van der Waals surface area contributed by atoms with Crippen LogP contribution in [0.2, 0.25) is 0 Å². The number of hydrogen-bond donors (Lipinski definition) is 2. The number of rotatable bonds is 4. The molecule has 1 aliphatic heterocycles. The molecular weight excluding hydrogens is 304 g/mol. The van der Waals surface area contributed by atoms with E-state index in [0.717, 1.165) is 48.6 Å². The van der Waals surface area contributed by atoms with Crippen molar-refractivity contribution in [1.29, 1.82) is 0 Å². The van der Waals surface area contributed by atoms with Crippen molar-refractivity contribution in [3.05, 3.63) is 54.2 Å². The van der Waals surface area contributed by atoms with E-state index >= 15 is 0 Å². The molecule has 0 radical (unpaired) electrons. The van der Waals surface area contributed by atoms with E-state index in [1.165, 1.54) is 0 Å². The number of H-pyrrole nitrogens is 1. The van der Waals surface area contributed by atoms with E-state index in [9.17, 15) is 5.11 Å². The Balaban J connectivity index is 1.41. The number of furan rings is 1. The molecule has 1 aromatic carbocycles. The van der Waals surface area contributed by atoms with Crippen LogP contribution in [0, 0.1) is 0 Å². The maximum atomic E-state index is 10.3. The number of β-amino-alcohol motifs (C(OH)–C–C–N with tert-alkyl or cyclic N) is 1. The van der Waals surface area contributed by atoms with Gasteiger partial charge in [0, 0.05) is 38.3 Å². The minimum absolute atomic E-state index is 0.358. The van der Waals surface area contributed by atoms with Gasteiger partial charge in [-0.3, -0.25) is 9.80 Å². The van der Waals surface area contributed by atoms with Gasteiger partial charge < -0.3 is 14.5 Å². The van der Waals surface area contributed by atoms with Crippen LogP contribution in [0.5, 0.6) is 0 Å². The maximum absolute atomic E-state index is 10.3. The van der Waals surface area contributed by atoms with E-state index in [2.05, 4.69) is 19.8 Å². The van der Waals surface area contributed by atoms with E-state index in [0.29, 0.717) is 13.1 Å². The molecule has 2 N–H and O–H groups in total. The van der Waals surface area contributed by atoms with Crippen LogP contribution in [-0.4, -0.2) is 57.2 Å². The highest BCUT2D eigenvalue weighted by Crippen LogP contribution is 2.14. The van der Waals surface area contributed by atoms with Crippen LogP contribution in [0.15, 0.2) is 47.3 Å². The summed E-state index contributed by atoms with van der Waals surface area (Å²) < 4.78 is 5.13. The second-order valence-electron chi connectivity index (χ2n) is 6.46. The highest BCUT2D eigenvalue weighted by Gasteiger charge is 2.22. The fourth-order valence-corrected chi connectivity index (χ4v) is 3.34. The first-order valence-corrected chi connectivity index (χ1v) is 8.34. The molecule has 3 aromatic rings. The van der Waals surface area contributed by atoms with Gasteiger partial charge in [0.05, 0.1) is 36.2 Å². The molecule has 1 fully saturated rings. The molecule has 1 atom stereocenters. The summed E-state index contributed by atoms with van der Waals surface area (Å²) >= 11 is 0. The Hall–Kier alpha value is -2.15. The minimum Gasteiger partial charge on any atom is -0.472 e. The van der Waals surface area contributed by atoms with Crippen molar-refractivity contribution in [2.45, 2.75) is 19.2 Å². The van der Waals surface area contributed by atoms with Crippen LogP contribution < -0.4 is 0 Å². The number of nitrogens with one attached hydrogen (secondary N) is 1. The summed E-state index contributed by atoms with van der Waals surface area (Å²) in [6.45, 7) is 4.71. The normalized spacial score (nSPS) is 20.5. The molecule has 0 aliphatic carbocycles. The van der Waals surface area contributed by atoms with Gasteiger partial charge in [0.2, 0.25) is 0 Å². The minimum atomic E-state index is -0.358. The van der Waals surface area contributed by atoms with Gasteiger partial charge in [0.1, 0.15) is 5.82 Å². The van der Waals surface area contributed by atoms with Gasteiger partial charge in [-0.2, -0.15) is 0 Å². The third-order valence-electron chi connectivity index (χ3n) is 4.47. The Morgan fingerprint density at radius 1 is 1.12 bits per heavy atom. The van der Waals surface area contributed by atoms with Crippen LogP contribution in [0.3, 0.4) is 0 Å². The topological polar surface area (TPSA) is 68.5 Å². The van der Waals surface area contributed by atoms with Crippen molar-refractivity contribution in [1.82, 2.24) is 19.8 Å². The molecule has 6 nitrogen and oxygen atoms in total. The summed E-state index contributed by atoms with van der Waals surface area (Å²) in [6, 6.07) is 10.0. The Labute approximate surface area is 140 Å². The fourth-order valence-electron chi connectivity index (χ4n) is 3.34. The van der Waals surface area contributed by atoms with Crippen molar-refractivity contribution >= 4 is 11.0 Å². The van der Waals surface area contributed by atoms with Crippen LogP contribution in [0.4, 0.5) is 0 Å². The largest absolute Gasteiger partial charge is 0.472 e. The zero-order valence-electron chi connectivity index (χ0n) is 13.6. The average Bonchev–Trinajstić information content (AvgIpc) is 3.17. The molecule has 1 saturated heterocycles. The predicted octanol–water partition coefficient (Wildman–Crippen LogP) is 1.83. The van der Waals surface area contributed by atoms with Crippen molar-refractivity contribution in [3.8, 4) is 0 Å². The summed E-state index contributed by atoms with van der Waals surface area (Å²) in [4.78, 5) is 12.5.